The molecule has 2 rings (SSSR count). The third-order valence-electron chi connectivity index (χ3n) is 4.51. The molecule has 0 saturated heterocycles. The molecule has 2 fully saturated rings. The molecular weight excluding hydrogens is 230 g/mol. The van der Waals surface area contributed by atoms with Gasteiger partial charge < -0.3 is 8.85 Å². The zero-order valence-corrected chi connectivity index (χ0v) is 12.3. The Balaban J connectivity index is 2.00. The smallest absolute Gasteiger partial charge is 0.386 e. The quantitative estimate of drug-likeness (QED) is 0.768. The Kier molecular flexibility index (Phi) is 5.03. The third-order valence-corrected chi connectivity index (χ3v) is 8.19. The Morgan fingerprint density at radius 1 is 0.824 bits per heavy atom. The van der Waals surface area contributed by atoms with Gasteiger partial charge in [-0.2, -0.15) is 0 Å². The average molecular weight is 257 g/mol. The van der Waals surface area contributed by atoms with Gasteiger partial charge in [0.1, 0.15) is 0 Å². The van der Waals surface area contributed by atoms with Crippen LogP contribution in [0, 0.1) is 0 Å². The Morgan fingerprint density at radius 3 is 1.88 bits per heavy atom. The van der Waals surface area contributed by atoms with Gasteiger partial charge in [-0.3, -0.25) is 4.98 Å². The monoisotopic (exact) mass is 257 g/mol. The van der Waals surface area contributed by atoms with Crippen molar-refractivity contribution in [1.29, 1.82) is 0 Å². The van der Waals surface area contributed by atoms with Gasteiger partial charge in [-0.15, -0.1) is 0 Å². The van der Waals surface area contributed by atoms with Crippen molar-refractivity contribution in [3.63, 3.8) is 0 Å². The second-order valence-corrected chi connectivity index (χ2v) is 8.79. The fourth-order valence-corrected chi connectivity index (χ4v) is 6.82. The lowest BCUT2D eigenvalue weighted by Crippen LogP contribution is -2.61. The van der Waals surface area contributed by atoms with E-state index >= 15 is 0 Å². The summed E-state index contributed by atoms with van der Waals surface area (Å²) in [6, 6.07) is 0.642. The molecule has 0 aromatic heterocycles. The topological polar surface area (TPSA) is 30.5 Å². The summed E-state index contributed by atoms with van der Waals surface area (Å²) in [6.45, 7) is 0. The van der Waals surface area contributed by atoms with Gasteiger partial charge in [0.2, 0.25) is 0 Å². The molecule has 0 atom stereocenters. The zero-order valence-electron chi connectivity index (χ0n) is 11.3. The molecule has 4 heteroatoms. The van der Waals surface area contributed by atoms with Crippen LogP contribution in [-0.4, -0.2) is 29.0 Å². The summed E-state index contributed by atoms with van der Waals surface area (Å²) in [5.74, 6) is 0. The summed E-state index contributed by atoms with van der Waals surface area (Å²) in [6.07, 6.45) is 12.0. The van der Waals surface area contributed by atoms with Crippen molar-refractivity contribution in [2.45, 2.75) is 69.4 Å². The van der Waals surface area contributed by atoms with Crippen LogP contribution in [-0.2, 0) is 8.85 Å². The predicted octanol–water partition coefficient (Wildman–Crippen LogP) is 3.08. The lowest BCUT2D eigenvalue weighted by molar-refractivity contribution is 0.196. The van der Waals surface area contributed by atoms with Gasteiger partial charge in [0.05, 0.1) is 0 Å². The molecule has 17 heavy (non-hydrogen) atoms. The van der Waals surface area contributed by atoms with E-state index in [1.165, 1.54) is 57.8 Å². The van der Waals surface area contributed by atoms with Crippen molar-refractivity contribution in [2.75, 3.05) is 14.2 Å². The standard InChI is InChI=1S/C13H27NO2Si/c1-15-17(16-2,13-10-4-3-5-11-13)14-12-8-6-7-9-12/h12-14H,3-11H2,1-2H3. The normalized spacial score (nSPS) is 24.4. The number of hydrogen-bond acceptors (Lipinski definition) is 3. The van der Waals surface area contributed by atoms with Crippen LogP contribution < -0.4 is 4.98 Å². The van der Waals surface area contributed by atoms with E-state index in [4.69, 9.17) is 8.85 Å². The van der Waals surface area contributed by atoms with Gasteiger partial charge in [0.25, 0.3) is 0 Å². The van der Waals surface area contributed by atoms with E-state index in [0.717, 1.165) is 0 Å². The van der Waals surface area contributed by atoms with E-state index in [-0.39, 0.29) is 0 Å². The summed E-state index contributed by atoms with van der Waals surface area (Å²) in [5, 5.41) is 0. The predicted molar refractivity (Wildman–Crippen MR) is 72.0 cm³/mol. The molecule has 0 bridgehead atoms. The molecule has 0 aromatic rings. The van der Waals surface area contributed by atoms with Crippen molar-refractivity contribution in [1.82, 2.24) is 4.98 Å². The van der Waals surface area contributed by atoms with E-state index in [1.807, 2.05) is 14.2 Å². The zero-order chi connectivity index (χ0) is 12.1. The highest BCUT2D eigenvalue weighted by Crippen LogP contribution is 2.37. The van der Waals surface area contributed by atoms with Crippen LogP contribution in [0.3, 0.4) is 0 Å². The third kappa shape index (κ3) is 3.11. The SMILES string of the molecule is CO[Si](NC1CCCC1)(OC)C1CCCCC1. The van der Waals surface area contributed by atoms with Crippen LogP contribution in [0.15, 0.2) is 0 Å². The first-order valence-electron chi connectivity index (χ1n) is 7.19. The highest BCUT2D eigenvalue weighted by Gasteiger charge is 2.47. The second kappa shape index (κ2) is 6.32. The maximum absolute atomic E-state index is 5.89. The van der Waals surface area contributed by atoms with Crippen LogP contribution >= 0.6 is 0 Å². The molecular formula is C13H27NO2Si. The Labute approximate surface area is 107 Å². The molecule has 3 nitrogen and oxygen atoms in total. The highest BCUT2D eigenvalue weighted by molar-refractivity contribution is 6.66. The molecule has 0 amide bonds. The van der Waals surface area contributed by atoms with Crippen LogP contribution in [0.25, 0.3) is 0 Å². The number of rotatable bonds is 5. The van der Waals surface area contributed by atoms with E-state index in [1.54, 1.807) is 0 Å². The fraction of sp³-hybridized carbons (Fsp3) is 1.00. The molecule has 0 heterocycles. The summed E-state index contributed by atoms with van der Waals surface area (Å²) >= 11 is 0. The van der Waals surface area contributed by atoms with Crippen LogP contribution in [0.5, 0.6) is 0 Å². The van der Waals surface area contributed by atoms with E-state index < -0.39 is 8.72 Å². The Bertz CT molecular complexity index is 221. The minimum atomic E-state index is -2.16. The molecule has 0 radical (unpaired) electrons. The highest BCUT2D eigenvalue weighted by atomic mass is 28.4. The lowest BCUT2D eigenvalue weighted by atomic mass is 10.0. The van der Waals surface area contributed by atoms with Crippen molar-refractivity contribution < 1.29 is 8.85 Å². The fourth-order valence-electron chi connectivity index (χ4n) is 3.49. The first-order valence-corrected chi connectivity index (χ1v) is 9.08. The summed E-state index contributed by atoms with van der Waals surface area (Å²) < 4.78 is 11.8. The van der Waals surface area contributed by atoms with Gasteiger partial charge in [-0.25, -0.2) is 0 Å². The van der Waals surface area contributed by atoms with Gasteiger partial charge >= 0.3 is 8.72 Å². The van der Waals surface area contributed by atoms with Crippen molar-refractivity contribution in [3.8, 4) is 0 Å². The molecule has 2 aliphatic rings. The minimum absolute atomic E-state index is 0.642. The van der Waals surface area contributed by atoms with E-state index in [2.05, 4.69) is 4.98 Å². The summed E-state index contributed by atoms with van der Waals surface area (Å²) in [4.78, 5) is 3.79. The van der Waals surface area contributed by atoms with Gasteiger partial charge in [-0.05, 0) is 25.7 Å². The number of nitrogens with one attached hydrogen (secondary N) is 1. The molecule has 0 aromatic carbocycles. The number of hydrogen-bond donors (Lipinski definition) is 1. The van der Waals surface area contributed by atoms with Crippen LogP contribution in [0.2, 0.25) is 5.54 Å². The van der Waals surface area contributed by atoms with Gasteiger partial charge in [0, 0.05) is 25.8 Å². The van der Waals surface area contributed by atoms with Crippen LogP contribution in [0.4, 0.5) is 0 Å². The summed E-state index contributed by atoms with van der Waals surface area (Å²) in [5.41, 5.74) is 0.645. The molecule has 0 aliphatic heterocycles. The largest absolute Gasteiger partial charge is 0.427 e. The minimum Gasteiger partial charge on any atom is -0.386 e. The Hall–Kier alpha value is 0.0969. The molecule has 2 aliphatic carbocycles. The van der Waals surface area contributed by atoms with Gasteiger partial charge in [-0.1, -0.05) is 32.1 Å². The van der Waals surface area contributed by atoms with Crippen molar-refractivity contribution >= 4 is 8.72 Å². The lowest BCUT2D eigenvalue weighted by Gasteiger charge is -2.39. The average Bonchev–Trinajstić information content (AvgIpc) is 2.90. The van der Waals surface area contributed by atoms with Crippen LogP contribution in [0.1, 0.15) is 57.8 Å². The van der Waals surface area contributed by atoms with Crippen molar-refractivity contribution in [3.05, 3.63) is 0 Å². The molecule has 0 unspecified atom stereocenters. The molecule has 2 saturated carbocycles. The summed E-state index contributed by atoms with van der Waals surface area (Å²) in [7, 11) is 1.52. The van der Waals surface area contributed by atoms with E-state index in [9.17, 15) is 0 Å². The maximum Gasteiger partial charge on any atom is 0.427 e. The van der Waals surface area contributed by atoms with Gasteiger partial charge in [0.15, 0.2) is 0 Å². The molecule has 0 spiro atoms. The Morgan fingerprint density at radius 2 is 1.35 bits per heavy atom. The second-order valence-electron chi connectivity index (χ2n) is 5.54. The first kappa shape index (κ1) is 13.5. The van der Waals surface area contributed by atoms with Crippen molar-refractivity contribution in [2.24, 2.45) is 0 Å². The maximum atomic E-state index is 5.89. The molecule has 1 N–H and O–H groups in total. The first-order chi connectivity index (χ1) is 8.30. The van der Waals surface area contributed by atoms with E-state index in [0.29, 0.717) is 11.6 Å². The molecule has 100 valence electrons.